The van der Waals surface area contributed by atoms with Crippen LogP contribution in [0, 0.1) is 0 Å². The zero-order chi connectivity index (χ0) is 13.4. The highest BCUT2D eigenvalue weighted by Gasteiger charge is 2.46. The number of carbonyl (C=O) groups excluding carboxylic acids is 1. The summed E-state index contributed by atoms with van der Waals surface area (Å²) in [6, 6.07) is 0. The van der Waals surface area contributed by atoms with Crippen molar-refractivity contribution in [2.24, 2.45) is 0 Å². The van der Waals surface area contributed by atoms with E-state index >= 15 is 0 Å². The second-order valence-electron chi connectivity index (χ2n) is 5.43. The fourth-order valence-electron chi connectivity index (χ4n) is 2.23. The van der Waals surface area contributed by atoms with Crippen LogP contribution in [0.3, 0.4) is 0 Å². The molecule has 2 atom stereocenters. The Labute approximate surface area is 106 Å². The molecule has 2 saturated heterocycles. The van der Waals surface area contributed by atoms with Gasteiger partial charge in [0.05, 0.1) is 13.2 Å². The first-order valence-electron chi connectivity index (χ1n) is 6.06. The highest BCUT2D eigenvalue weighted by atomic mass is 16.8. The first-order valence-corrected chi connectivity index (χ1v) is 6.06. The van der Waals surface area contributed by atoms with Gasteiger partial charge in [-0.15, -0.1) is 0 Å². The van der Waals surface area contributed by atoms with Crippen molar-refractivity contribution >= 4 is 6.47 Å². The van der Waals surface area contributed by atoms with Crippen LogP contribution in [0.25, 0.3) is 0 Å². The van der Waals surface area contributed by atoms with E-state index < -0.39 is 17.7 Å². The summed E-state index contributed by atoms with van der Waals surface area (Å²) in [5.41, 5.74) is 0. The highest BCUT2D eigenvalue weighted by molar-refractivity contribution is 5.37. The molecule has 0 aromatic rings. The molecule has 104 valence electrons. The Kier molecular flexibility index (Phi) is 3.64. The van der Waals surface area contributed by atoms with Gasteiger partial charge >= 0.3 is 0 Å². The predicted octanol–water partition coefficient (Wildman–Crippen LogP) is 0.831. The molecule has 2 fully saturated rings. The van der Waals surface area contributed by atoms with Crippen LogP contribution in [-0.2, 0) is 28.5 Å². The van der Waals surface area contributed by atoms with Crippen LogP contribution in [0.1, 0.15) is 27.7 Å². The third-order valence-corrected chi connectivity index (χ3v) is 3.01. The third kappa shape index (κ3) is 3.00. The molecule has 0 aromatic carbocycles. The molecule has 2 aliphatic rings. The van der Waals surface area contributed by atoms with Crippen molar-refractivity contribution in [3.63, 3.8) is 0 Å². The minimum absolute atomic E-state index is 0.340. The molecule has 0 saturated carbocycles. The summed E-state index contributed by atoms with van der Waals surface area (Å²) in [5.74, 6) is -1.33. The summed E-state index contributed by atoms with van der Waals surface area (Å²) < 4.78 is 27.5. The van der Waals surface area contributed by atoms with E-state index in [9.17, 15) is 4.79 Å². The van der Waals surface area contributed by atoms with Crippen LogP contribution in [0.2, 0.25) is 0 Å². The molecule has 0 aliphatic carbocycles. The highest BCUT2D eigenvalue weighted by Crippen LogP contribution is 2.31. The number of carbonyl (C=O) groups is 1. The molecule has 0 unspecified atom stereocenters. The number of hydrogen-bond acceptors (Lipinski definition) is 6. The van der Waals surface area contributed by atoms with E-state index in [-0.39, 0.29) is 12.2 Å². The lowest BCUT2D eigenvalue weighted by Crippen LogP contribution is -2.43. The molecule has 0 spiro atoms. The van der Waals surface area contributed by atoms with Gasteiger partial charge in [-0.2, -0.15) is 0 Å². The Morgan fingerprint density at radius 3 is 1.78 bits per heavy atom. The normalized spacial score (nSPS) is 33.8. The number of hydrogen-bond donors (Lipinski definition) is 0. The molecular weight excluding hydrogens is 240 g/mol. The molecule has 2 rings (SSSR count). The molecule has 2 heterocycles. The van der Waals surface area contributed by atoms with Gasteiger partial charge in [-0.05, 0) is 27.7 Å². The molecular formula is C12H20O6. The van der Waals surface area contributed by atoms with E-state index in [4.69, 9.17) is 23.7 Å². The molecule has 6 heteroatoms. The maximum Gasteiger partial charge on any atom is 0.293 e. The van der Waals surface area contributed by atoms with Crippen molar-refractivity contribution in [1.29, 1.82) is 0 Å². The second-order valence-corrected chi connectivity index (χ2v) is 5.43. The Balaban J connectivity index is 2.03. The van der Waals surface area contributed by atoms with E-state index in [1.807, 2.05) is 27.7 Å². The van der Waals surface area contributed by atoms with Crippen molar-refractivity contribution < 1.29 is 28.5 Å². The average molecular weight is 260 g/mol. The van der Waals surface area contributed by atoms with E-state index in [2.05, 4.69) is 0 Å². The first kappa shape index (κ1) is 13.7. The predicted molar refractivity (Wildman–Crippen MR) is 60.7 cm³/mol. The summed E-state index contributed by atoms with van der Waals surface area (Å²) in [7, 11) is 0. The van der Waals surface area contributed by atoms with Crippen molar-refractivity contribution in [1.82, 2.24) is 0 Å². The maximum atomic E-state index is 10.6. The Hall–Kier alpha value is -0.690. The molecule has 0 amide bonds. The van der Waals surface area contributed by atoms with Gasteiger partial charge in [0.1, 0.15) is 12.2 Å². The van der Waals surface area contributed by atoms with E-state index in [1.54, 1.807) is 0 Å². The fraction of sp³-hybridized carbons (Fsp3) is 0.917. The summed E-state index contributed by atoms with van der Waals surface area (Å²) in [4.78, 5) is 10.6. The van der Waals surface area contributed by atoms with E-state index in [0.29, 0.717) is 19.7 Å². The SMILES string of the molecule is CC1(C)OC[C@H](C(OC=O)[C@H]2COC(C)(C)O2)O1. The quantitative estimate of drug-likeness (QED) is 0.698. The third-order valence-electron chi connectivity index (χ3n) is 3.01. The maximum absolute atomic E-state index is 10.6. The van der Waals surface area contributed by atoms with Crippen molar-refractivity contribution in [2.45, 2.75) is 57.6 Å². The average Bonchev–Trinajstić information content (AvgIpc) is 2.78. The van der Waals surface area contributed by atoms with Crippen molar-refractivity contribution in [3.05, 3.63) is 0 Å². The monoisotopic (exact) mass is 260 g/mol. The van der Waals surface area contributed by atoms with Gasteiger partial charge in [0.25, 0.3) is 6.47 Å². The number of rotatable bonds is 4. The van der Waals surface area contributed by atoms with Crippen LogP contribution in [0.5, 0.6) is 0 Å². The van der Waals surface area contributed by atoms with Crippen LogP contribution in [0.15, 0.2) is 0 Å². The Morgan fingerprint density at radius 2 is 1.50 bits per heavy atom. The van der Waals surface area contributed by atoms with Gasteiger partial charge in [0.2, 0.25) is 0 Å². The molecule has 2 aliphatic heterocycles. The van der Waals surface area contributed by atoms with Crippen molar-refractivity contribution in [3.8, 4) is 0 Å². The van der Waals surface area contributed by atoms with Gasteiger partial charge in [-0.25, -0.2) is 0 Å². The van der Waals surface area contributed by atoms with E-state index in [1.165, 1.54) is 0 Å². The lowest BCUT2D eigenvalue weighted by Gasteiger charge is -2.27. The van der Waals surface area contributed by atoms with Crippen LogP contribution >= 0.6 is 0 Å². The minimum atomic E-state index is -0.663. The standard InChI is InChI=1S/C12H20O6/c1-11(2)15-5-8(17-11)10(14-7-13)9-6-16-12(3,4)18-9/h7-10H,5-6H2,1-4H3/t8-,9-/m1/s1. The van der Waals surface area contributed by atoms with Crippen LogP contribution < -0.4 is 0 Å². The fourth-order valence-corrected chi connectivity index (χ4v) is 2.23. The Bertz CT molecular complexity index is 288. The zero-order valence-corrected chi connectivity index (χ0v) is 11.2. The number of ether oxygens (including phenoxy) is 5. The lowest BCUT2D eigenvalue weighted by molar-refractivity contribution is -0.188. The summed E-state index contributed by atoms with van der Waals surface area (Å²) in [6.45, 7) is 8.43. The summed E-state index contributed by atoms with van der Waals surface area (Å²) in [6.07, 6.45) is -1.20. The van der Waals surface area contributed by atoms with Gasteiger partial charge in [0, 0.05) is 0 Å². The molecule has 0 N–H and O–H groups in total. The molecule has 6 nitrogen and oxygen atoms in total. The van der Waals surface area contributed by atoms with E-state index in [0.717, 1.165) is 0 Å². The zero-order valence-electron chi connectivity index (χ0n) is 11.2. The van der Waals surface area contributed by atoms with Gasteiger partial charge in [0.15, 0.2) is 17.7 Å². The minimum Gasteiger partial charge on any atom is -0.459 e. The van der Waals surface area contributed by atoms with Gasteiger partial charge in [-0.3, -0.25) is 4.79 Å². The lowest BCUT2D eigenvalue weighted by atomic mass is 10.1. The topological polar surface area (TPSA) is 63.2 Å². The molecule has 0 radical (unpaired) electrons. The summed E-state index contributed by atoms with van der Waals surface area (Å²) in [5, 5.41) is 0. The first-order chi connectivity index (χ1) is 8.33. The van der Waals surface area contributed by atoms with Gasteiger partial charge in [-0.1, -0.05) is 0 Å². The Morgan fingerprint density at radius 1 is 1.06 bits per heavy atom. The molecule has 0 bridgehead atoms. The van der Waals surface area contributed by atoms with Gasteiger partial charge < -0.3 is 23.7 Å². The molecule has 0 aromatic heterocycles. The summed E-state index contributed by atoms with van der Waals surface area (Å²) >= 11 is 0. The largest absolute Gasteiger partial charge is 0.459 e. The second kappa shape index (κ2) is 4.77. The van der Waals surface area contributed by atoms with Crippen molar-refractivity contribution in [2.75, 3.05) is 13.2 Å². The van der Waals surface area contributed by atoms with Crippen LogP contribution in [0.4, 0.5) is 0 Å². The smallest absolute Gasteiger partial charge is 0.293 e. The molecule has 18 heavy (non-hydrogen) atoms. The van der Waals surface area contributed by atoms with Crippen LogP contribution in [-0.4, -0.2) is 49.6 Å².